The van der Waals surface area contributed by atoms with Gasteiger partial charge in [-0.15, -0.1) is 0 Å². The summed E-state index contributed by atoms with van der Waals surface area (Å²) in [5.74, 6) is 0.490. The third kappa shape index (κ3) is 14.5. The van der Waals surface area contributed by atoms with Gasteiger partial charge in [0.2, 0.25) is 0 Å². The molecule has 0 rings (SSSR count). The Balaban J connectivity index is 0. The molecule has 1 unspecified atom stereocenters. The lowest BCUT2D eigenvalue weighted by atomic mass is 10.0. The largest absolute Gasteiger partial charge is 0.151 e. The van der Waals surface area contributed by atoms with Crippen molar-refractivity contribution in [3.8, 4) is 0 Å². The van der Waals surface area contributed by atoms with Crippen molar-refractivity contribution in [2.45, 2.75) is 59.8 Å². The molecule has 0 saturated heterocycles. The van der Waals surface area contributed by atoms with Crippen molar-refractivity contribution in [1.29, 1.82) is 0 Å². The fourth-order valence-electron chi connectivity index (χ4n) is 1.14. The van der Waals surface area contributed by atoms with Crippen LogP contribution in [-0.2, 0) is 0 Å². The maximum atomic E-state index is 9.85. The molecule has 80 valence electrons. The van der Waals surface area contributed by atoms with Crippen LogP contribution in [0.4, 0.5) is 0 Å². The standard InChI is InChI=1S/C9H19NO.C2H6/c1-3-4-5-6-7-9(2)8-10-11;1-2/h9H,3-8H2,1-2H3;1-2H3. The molecule has 0 N–H and O–H groups in total. The highest BCUT2D eigenvalue weighted by atomic mass is 16.3. The van der Waals surface area contributed by atoms with E-state index in [0.29, 0.717) is 12.5 Å². The van der Waals surface area contributed by atoms with Gasteiger partial charge in [-0.3, -0.25) is 0 Å². The molecule has 0 heterocycles. The second-order valence-electron chi connectivity index (χ2n) is 3.27. The van der Waals surface area contributed by atoms with Crippen LogP contribution in [0.2, 0.25) is 0 Å². The van der Waals surface area contributed by atoms with E-state index < -0.39 is 0 Å². The molecule has 0 saturated carbocycles. The van der Waals surface area contributed by atoms with Crippen molar-refractivity contribution >= 4 is 0 Å². The van der Waals surface area contributed by atoms with Crippen LogP contribution in [0.25, 0.3) is 0 Å². The summed E-state index contributed by atoms with van der Waals surface area (Å²) < 4.78 is 0. The molecule has 0 spiro atoms. The van der Waals surface area contributed by atoms with Crippen LogP contribution in [-0.4, -0.2) is 6.54 Å². The lowest BCUT2D eigenvalue weighted by Gasteiger charge is -2.04. The molecule has 13 heavy (non-hydrogen) atoms. The van der Waals surface area contributed by atoms with Crippen LogP contribution >= 0.6 is 0 Å². The summed E-state index contributed by atoms with van der Waals surface area (Å²) in [6.45, 7) is 8.79. The van der Waals surface area contributed by atoms with E-state index in [-0.39, 0.29) is 0 Å². The van der Waals surface area contributed by atoms with Crippen molar-refractivity contribution in [2.24, 2.45) is 11.1 Å². The molecular weight excluding hydrogens is 162 g/mol. The molecule has 0 fully saturated rings. The van der Waals surface area contributed by atoms with Gasteiger partial charge < -0.3 is 0 Å². The van der Waals surface area contributed by atoms with Gasteiger partial charge in [-0.1, -0.05) is 58.6 Å². The SMILES string of the molecule is CC.CCCCCCC(C)CN=O. The third-order valence-electron chi connectivity index (χ3n) is 1.94. The summed E-state index contributed by atoms with van der Waals surface area (Å²) in [5, 5.41) is 2.88. The molecule has 0 aliphatic heterocycles. The molecule has 2 nitrogen and oxygen atoms in total. The Morgan fingerprint density at radius 3 is 2.23 bits per heavy atom. The minimum absolute atomic E-state index is 0.490. The molecule has 0 aromatic heterocycles. The number of unbranched alkanes of at least 4 members (excludes halogenated alkanes) is 3. The number of hydrogen-bond donors (Lipinski definition) is 0. The Morgan fingerprint density at radius 1 is 1.15 bits per heavy atom. The monoisotopic (exact) mass is 187 g/mol. The van der Waals surface area contributed by atoms with Gasteiger partial charge in [0.25, 0.3) is 0 Å². The summed E-state index contributed by atoms with van der Waals surface area (Å²) in [6, 6.07) is 0. The molecule has 0 aliphatic rings. The Kier molecular flexibility index (Phi) is 16.4. The summed E-state index contributed by atoms with van der Waals surface area (Å²) in [7, 11) is 0. The van der Waals surface area contributed by atoms with Gasteiger partial charge in [0.05, 0.1) is 6.54 Å². The van der Waals surface area contributed by atoms with E-state index >= 15 is 0 Å². The van der Waals surface area contributed by atoms with E-state index in [1.165, 1.54) is 25.7 Å². The van der Waals surface area contributed by atoms with E-state index in [1.807, 2.05) is 13.8 Å². The lowest BCUT2D eigenvalue weighted by Crippen LogP contribution is -1.97. The molecular formula is C11H25NO. The molecule has 1 atom stereocenters. The predicted molar refractivity (Wildman–Crippen MR) is 59.9 cm³/mol. The number of nitrogens with zero attached hydrogens (tertiary/aromatic N) is 1. The summed E-state index contributed by atoms with van der Waals surface area (Å²) in [6.07, 6.45) is 6.32. The Morgan fingerprint density at radius 2 is 1.77 bits per heavy atom. The Hall–Kier alpha value is -0.400. The van der Waals surface area contributed by atoms with Crippen LogP contribution in [0.3, 0.4) is 0 Å². The Labute approximate surface area is 83.1 Å². The highest BCUT2D eigenvalue weighted by Gasteiger charge is 2.00. The first kappa shape index (κ1) is 15.1. The van der Waals surface area contributed by atoms with Crippen LogP contribution < -0.4 is 0 Å². The zero-order valence-corrected chi connectivity index (χ0v) is 9.68. The second kappa shape index (κ2) is 14.1. The first-order valence-corrected chi connectivity index (χ1v) is 5.60. The van der Waals surface area contributed by atoms with Gasteiger partial charge in [-0.05, 0) is 12.3 Å². The Bertz CT molecular complexity index is 94.1. The maximum absolute atomic E-state index is 9.85. The van der Waals surface area contributed by atoms with E-state index in [9.17, 15) is 4.91 Å². The van der Waals surface area contributed by atoms with Gasteiger partial charge in [-0.2, -0.15) is 4.91 Å². The summed E-state index contributed by atoms with van der Waals surface area (Å²) in [4.78, 5) is 9.85. The number of rotatable bonds is 7. The molecule has 0 bridgehead atoms. The van der Waals surface area contributed by atoms with Crippen molar-refractivity contribution in [1.82, 2.24) is 0 Å². The second-order valence-corrected chi connectivity index (χ2v) is 3.27. The summed E-state index contributed by atoms with van der Waals surface area (Å²) >= 11 is 0. The van der Waals surface area contributed by atoms with Crippen molar-refractivity contribution < 1.29 is 0 Å². The first-order valence-electron chi connectivity index (χ1n) is 5.60. The van der Waals surface area contributed by atoms with Gasteiger partial charge in [0.15, 0.2) is 0 Å². The topological polar surface area (TPSA) is 29.4 Å². The summed E-state index contributed by atoms with van der Waals surface area (Å²) in [5.41, 5.74) is 0. The quantitative estimate of drug-likeness (QED) is 0.429. The van der Waals surface area contributed by atoms with Crippen LogP contribution in [0.1, 0.15) is 59.8 Å². The number of nitroso groups, excluding NO2 is 1. The zero-order valence-electron chi connectivity index (χ0n) is 9.68. The van der Waals surface area contributed by atoms with Crippen LogP contribution in [0.5, 0.6) is 0 Å². The highest BCUT2D eigenvalue weighted by Crippen LogP contribution is 2.10. The average molecular weight is 187 g/mol. The highest BCUT2D eigenvalue weighted by molar-refractivity contribution is 4.55. The zero-order chi connectivity index (χ0) is 10.5. The average Bonchev–Trinajstić information content (AvgIpc) is 2.16. The minimum Gasteiger partial charge on any atom is -0.151 e. The number of hydrogen-bond acceptors (Lipinski definition) is 2. The molecule has 0 aromatic carbocycles. The van der Waals surface area contributed by atoms with E-state index in [4.69, 9.17) is 0 Å². The third-order valence-corrected chi connectivity index (χ3v) is 1.94. The fraction of sp³-hybridized carbons (Fsp3) is 1.00. The van der Waals surface area contributed by atoms with Gasteiger partial charge in [-0.25, -0.2) is 0 Å². The first-order chi connectivity index (χ1) is 6.31. The van der Waals surface area contributed by atoms with Crippen molar-refractivity contribution in [3.05, 3.63) is 4.91 Å². The van der Waals surface area contributed by atoms with E-state index in [0.717, 1.165) is 6.42 Å². The van der Waals surface area contributed by atoms with Crippen molar-refractivity contribution in [2.75, 3.05) is 6.54 Å². The molecule has 0 amide bonds. The predicted octanol–water partition coefficient (Wildman–Crippen LogP) is 4.39. The van der Waals surface area contributed by atoms with Crippen LogP contribution in [0.15, 0.2) is 5.18 Å². The van der Waals surface area contributed by atoms with Gasteiger partial charge in [0.1, 0.15) is 0 Å². The fourth-order valence-corrected chi connectivity index (χ4v) is 1.14. The maximum Gasteiger partial charge on any atom is 0.0836 e. The minimum atomic E-state index is 0.490. The molecule has 0 radical (unpaired) electrons. The van der Waals surface area contributed by atoms with Crippen LogP contribution in [0, 0.1) is 10.8 Å². The van der Waals surface area contributed by atoms with Crippen molar-refractivity contribution in [3.63, 3.8) is 0 Å². The lowest BCUT2D eigenvalue weighted by molar-refractivity contribution is 0.498. The normalized spacial score (nSPS) is 11.4. The van der Waals surface area contributed by atoms with Gasteiger partial charge >= 0.3 is 0 Å². The molecule has 0 aromatic rings. The van der Waals surface area contributed by atoms with Gasteiger partial charge in [0, 0.05) is 0 Å². The molecule has 2 heteroatoms. The van der Waals surface area contributed by atoms with E-state index in [1.54, 1.807) is 0 Å². The molecule has 0 aliphatic carbocycles. The smallest absolute Gasteiger partial charge is 0.0836 e. The van der Waals surface area contributed by atoms with E-state index in [2.05, 4.69) is 19.0 Å².